The van der Waals surface area contributed by atoms with Gasteiger partial charge >= 0.3 is 0 Å². The summed E-state index contributed by atoms with van der Waals surface area (Å²) in [5.74, 6) is 1.56. The predicted molar refractivity (Wildman–Crippen MR) is 68.9 cm³/mol. The lowest BCUT2D eigenvalue weighted by atomic mass is 9.95. The van der Waals surface area contributed by atoms with Crippen LogP contribution < -0.4 is 10.1 Å². The molecule has 90 valence electrons. The molecule has 1 N–H and O–H groups in total. The second-order valence-corrected chi connectivity index (χ2v) is 4.25. The third-order valence-corrected chi connectivity index (χ3v) is 2.64. The molecule has 0 aliphatic rings. The Bertz CT molecular complexity index is 309. The highest BCUT2D eigenvalue weighted by Gasteiger charge is 2.17. The second kappa shape index (κ2) is 6.54. The van der Waals surface area contributed by atoms with Gasteiger partial charge in [-0.05, 0) is 25.5 Å². The molecule has 0 amide bonds. The maximum Gasteiger partial charge on any atom is 0.124 e. The van der Waals surface area contributed by atoms with Crippen LogP contribution >= 0.6 is 0 Å². The highest BCUT2D eigenvalue weighted by atomic mass is 16.5. The first-order valence-electron chi connectivity index (χ1n) is 6.15. The Morgan fingerprint density at radius 3 is 2.44 bits per heavy atom. The fourth-order valence-corrected chi connectivity index (χ4v) is 1.95. The fraction of sp³-hybridized carbons (Fsp3) is 0.571. The summed E-state index contributed by atoms with van der Waals surface area (Å²) >= 11 is 0. The van der Waals surface area contributed by atoms with Crippen LogP contribution in [-0.2, 0) is 0 Å². The van der Waals surface area contributed by atoms with Crippen molar-refractivity contribution in [2.75, 3.05) is 13.2 Å². The summed E-state index contributed by atoms with van der Waals surface area (Å²) in [6, 6.07) is 8.67. The molecule has 0 fully saturated rings. The fourth-order valence-electron chi connectivity index (χ4n) is 1.95. The molecule has 16 heavy (non-hydrogen) atoms. The molecule has 0 heterocycles. The zero-order valence-corrected chi connectivity index (χ0v) is 10.8. The van der Waals surface area contributed by atoms with Gasteiger partial charge in [0.05, 0.1) is 6.61 Å². The molecule has 1 unspecified atom stereocenters. The van der Waals surface area contributed by atoms with Gasteiger partial charge in [-0.15, -0.1) is 0 Å². The maximum atomic E-state index is 5.67. The van der Waals surface area contributed by atoms with Crippen LogP contribution in [0.3, 0.4) is 0 Å². The minimum Gasteiger partial charge on any atom is -0.494 e. The Hall–Kier alpha value is -1.02. The van der Waals surface area contributed by atoms with Gasteiger partial charge in [-0.3, -0.25) is 0 Å². The highest BCUT2D eigenvalue weighted by Crippen LogP contribution is 2.29. The maximum absolute atomic E-state index is 5.67. The van der Waals surface area contributed by atoms with E-state index in [9.17, 15) is 0 Å². The molecule has 2 nitrogen and oxygen atoms in total. The van der Waals surface area contributed by atoms with Gasteiger partial charge in [0.15, 0.2) is 0 Å². The van der Waals surface area contributed by atoms with E-state index >= 15 is 0 Å². The molecule has 0 saturated heterocycles. The third kappa shape index (κ3) is 3.24. The number of benzene rings is 1. The van der Waals surface area contributed by atoms with E-state index in [1.807, 2.05) is 19.1 Å². The van der Waals surface area contributed by atoms with E-state index in [0.29, 0.717) is 18.6 Å². The van der Waals surface area contributed by atoms with Crippen molar-refractivity contribution in [3.63, 3.8) is 0 Å². The van der Waals surface area contributed by atoms with Gasteiger partial charge in [-0.1, -0.05) is 39.0 Å². The van der Waals surface area contributed by atoms with E-state index in [1.165, 1.54) is 5.56 Å². The van der Waals surface area contributed by atoms with Gasteiger partial charge in [0, 0.05) is 11.6 Å². The lowest BCUT2D eigenvalue weighted by Crippen LogP contribution is -2.25. The molecule has 1 aromatic carbocycles. The van der Waals surface area contributed by atoms with E-state index in [1.54, 1.807) is 0 Å². The number of ether oxygens (including phenoxy) is 1. The van der Waals surface area contributed by atoms with Crippen molar-refractivity contribution in [1.29, 1.82) is 0 Å². The average molecular weight is 221 g/mol. The van der Waals surface area contributed by atoms with Crippen molar-refractivity contribution >= 4 is 0 Å². The molecule has 1 aromatic rings. The standard InChI is InChI=1S/C14H23NO/c1-5-15-14(11(3)4)12-9-7-8-10-13(12)16-6-2/h7-11,14-15H,5-6H2,1-4H3. The summed E-state index contributed by atoms with van der Waals surface area (Å²) in [6.07, 6.45) is 0. The average Bonchev–Trinajstić information content (AvgIpc) is 2.27. The van der Waals surface area contributed by atoms with Crippen LogP contribution in [0.25, 0.3) is 0 Å². The number of rotatable bonds is 6. The lowest BCUT2D eigenvalue weighted by Gasteiger charge is -2.24. The molecule has 0 aromatic heterocycles. The van der Waals surface area contributed by atoms with Crippen LogP contribution in [0.4, 0.5) is 0 Å². The zero-order valence-electron chi connectivity index (χ0n) is 10.8. The van der Waals surface area contributed by atoms with E-state index in [0.717, 1.165) is 12.3 Å². The summed E-state index contributed by atoms with van der Waals surface area (Å²) in [4.78, 5) is 0. The molecule has 0 bridgehead atoms. The lowest BCUT2D eigenvalue weighted by molar-refractivity contribution is 0.323. The first-order chi connectivity index (χ1) is 7.70. The summed E-state index contributed by atoms with van der Waals surface area (Å²) in [5.41, 5.74) is 1.27. The van der Waals surface area contributed by atoms with Crippen molar-refractivity contribution in [2.24, 2.45) is 5.92 Å². The van der Waals surface area contributed by atoms with Crippen LogP contribution in [0.2, 0.25) is 0 Å². The number of hydrogen-bond donors (Lipinski definition) is 1. The van der Waals surface area contributed by atoms with E-state index in [4.69, 9.17) is 4.74 Å². The van der Waals surface area contributed by atoms with Crippen LogP contribution in [0.15, 0.2) is 24.3 Å². The molecule has 0 saturated carbocycles. The molecule has 0 aliphatic carbocycles. The van der Waals surface area contributed by atoms with Crippen molar-refractivity contribution < 1.29 is 4.74 Å². The highest BCUT2D eigenvalue weighted by molar-refractivity contribution is 5.36. The van der Waals surface area contributed by atoms with Gasteiger partial charge in [0.1, 0.15) is 5.75 Å². The van der Waals surface area contributed by atoms with E-state index in [2.05, 4.69) is 38.2 Å². The van der Waals surface area contributed by atoms with Gasteiger partial charge in [0.25, 0.3) is 0 Å². The third-order valence-electron chi connectivity index (χ3n) is 2.64. The zero-order chi connectivity index (χ0) is 12.0. The smallest absolute Gasteiger partial charge is 0.124 e. The second-order valence-electron chi connectivity index (χ2n) is 4.25. The Morgan fingerprint density at radius 1 is 1.19 bits per heavy atom. The molecule has 1 atom stereocenters. The largest absolute Gasteiger partial charge is 0.494 e. The molecule has 0 radical (unpaired) electrons. The van der Waals surface area contributed by atoms with Crippen molar-refractivity contribution in [2.45, 2.75) is 33.7 Å². The predicted octanol–water partition coefficient (Wildman–Crippen LogP) is 3.39. The first kappa shape index (κ1) is 13.0. The van der Waals surface area contributed by atoms with E-state index < -0.39 is 0 Å². The van der Waals surface area contributed by atoms with Crippen molar-refractivity contribution in [1.82, 2.24) is 5.32 Å². The molecule has 0 spiro atoms. The van der Waals surface area contributed by atoms with Crippen LogP contribution in [-0.4, -0.2) is 13.2 Å². The quantitative estimate of drug-likeness (QED) is 0.795. The summed E-state index contributed by atoms with van der Waals surface area (Å²) in [6.45, 7) is 10.3. The molecule has 2 heteroatoms. The SMILES string of the molecule is CCNC(c1ccccc1OCC)C(C)C. The summed E-state index contributed by atoms with van der Waals surface area (Å²) < 4.78 is 5.67. The van der Waals surface area contributed by atoms with E-state index in [-0.39, 0.29) is 0 Å². The van der Waals surface area contributed by atoms with Gasteiger partial charge < -0.3 is 10.1 Å². The minimum atomic E-state index is 0.368. The Morgan fingerprint density at radius 2 is 1.88 bits per heavy atom. The topological polar surface area (TPSA) is 21.3 Å². The summed E-state index contributed by atoms with van der Waals surface area (Å²) in [5, 5.41) is 3.52. The number of hydrogen-bond acceptors (Lipinski definition) is 2. The Balaban J connectivity index is 2.97. The Labute approximate surface area is 99.0 Å². The normalized spacial score (nSPS) is 12.8. The van der Waals surface area contributed by atoms with Crippen LogP contribution in [0.1, 0.15) is 39.3 Å². The molecular weight excluding hydrogens is 198 g/mol. The van der Waals surface area contributed by atoms with Gasteiger partial charge in [-0.25, -0.2) is 0 Å². The number of para-hydroxylation sites is 1. The summed E-state index contributed by atoms with van der Waals surface area (Å²) in [7, 11) is 0. The molecule has 1 rings (SSSR count). The van der Waals surface area contributed by atoms with Crippen molar-refractivity contribution in [3.05, 3.63) is 29.8 Å². The van der Waals surface area contributed by atoms with Gasteiger partial charge in [0.2, 0.25) is 0 Å². The first-order valence-corrected chi connectivity index (χ1v) is 6.15. The minimum absolute atomic E-state index is 0.368. The molecular formula is C14H23NO. The Kier molecular flexibility index (Phi) is 5.33. The number of nitrogens with one attached hydrogen (secondary N) is 1. The molecule has 0 aliphatic heterocycles. The van der Waals surface area contributed by atoms with Crippen LogP contribution in [0.5, 0.6) is 5.75 Å². The van der Waals surface area contributed by atoms with Crippen molar-refractivity contribution in [3.8, 4) is 5.75 Å². The monoisotopic (exact) mass is 221 g/mol. The van der Waals surface area contributed by atoms with Gasteiger partial charge in [-0.2, -0.15) is 0 Å². The van der Waals surface area contributed by atoms with Crippen LogP contribution in [0, 0.1) is 5.92 Å².